The minimum absolute atomic E-state index is 0.168. The van der Waals surface area contributed by atoms with Gasteiger partial charge in [-0.05, 0) is 49.6 Å². The number of benzene rings is 1. The fraction of sp³-hybridized carbons (Fsp3) is 0.375. The van der Waals surface area contributed by atoms with Crippen molar-refractivity contribution in [1.82, 2.24) is 15.1 Å². The smallest absolute Gasteiger partial charge is 0.271 e. The van der Waals surface area contributed by atoms with Crippen molar-refractivity contribution in [2.24, 2.45) is 0 Å². The average molecular weight is 322 g/mol. The molecule has 2 aromatic rings. The van der Waals surface area contributed by atoms with Crippen molar-refractivity contribution in [3.05, 3.63) is 46.2 Å². The normalized spacial score (nSPS) is 10.5. The molecule has 0 bridgehead atoms. The van der Waals surface area contributed by atoms with Gasteiger partial charge in [0.25, 0.3) is 5.91 Å². The summed E-state index contributed by atoms with van der Waals surface area (Å²) in [5.74, 6) is 0.561. The SMILES string of the molecule is CCCNC(=O)c1ccn(COc2cc(C)c(Cl)c(C)c2)n1. The van der Waals surface area contributed by atoms with Crippen molar-refractivity contribution in [2.45, 2.75) is 33.9 Å². The largest absolute Gasteiger partial charge is 0.471 e. The molecule has 5 nitrogen and oxygen atoms in total. The molecule has 118 valence electrons. The van der Waals surface area contributed by atoms with Gasteiger partial charge < -0.3 is 10.1 Å². The molecule has 0 aliphatic heterocycles. The lowest BCUT2D eigenvalue weighted by Gasteiger charge is -2.10. The third-order valence-electron chi connectivity index (χ3n) is 3.18. The highest BCUT2D eigenvalue weighted by Gasteiger charge is 2.09. The molecule has 0 spiro atoms. The number of nitrogens with one attached hydrogen (secondary N) is 1. The Morgan fingerprint density at radius 1 is 1.36 bits per heavy atom. The summed E-state index contributed by atoms with van der Waals surface area (Å²) in [5.41, 5.74) is 2.33. The van der Waals surface area contributed by atoms with E-state index in [1.807, 2.05) is 32.9 Å². The van der Waals surface area contributed by atoms with Gasteiger partial charge in [0.1, 0.15) is 11.4 Å². The van der Waals surface area contributed by atoms with E-state index in [0.29, 0.717) is 12.2 Å². The maximum Gasteiger partial charge on any atom is 0.271 e. The summed E-state index contributed by atoms with van der Waals surface area (Å²) in [6.45, 7) is 6.76. The number of carbonyl (C=O) groups excluding carboxylic acids is 1. The minimum Gasteiger partial charge on any atom is -0.471 e. The predicted molar refractivity (Wildman–Crippen MR) is 86.4 cm³/mol. The van der Waals surface area contributed by atoms with Crippen molar-refractivity contribution >= 4 is 17.5 Å². The zero-order valence-electron chi connectivity index (χ0n) is 13.0. The fourth-order valence-electron chi connectivity index (χ4n) is 2.01. The first-order valence-electron chi connectivity index (χ1n) is 7.22. The molecular weight excluding hydrogens is 302 g/mol. The molecule has 22 heavy (non-hydrogen) atoms. The first kappa shape index (κ1) is 16.4. The number of hydrogen-bond acceptors (Lipinski definition) is 3. The predicted octanol–water partition coefficient (Wildman–Crippen LogP) is 3.33. The molecule has 0 atom stereocenters. The molecule has 0 radical (unpaired) electrons. The second kappa shape index (κ2) is 7.31. The quantitative estimate of drug-likeness (QED) is 0.888. The van der Waals surface area contributed by atoms with Gasteiger partial charge in [-0.1, -0.05) is 18.5 Å². The third kappa shape index (κ3) is 4.01. The van der Waals surface area contributed by atoms with Gasteiger partial charge >= 0.3 is 0 Å². The number of hydrogen-bond donors (Lipinski definition) is 1. The first-order chi connectivity index (χ1) is 10.5. The first-order valence-corrected chi connectivity index (χ1v) is 7.60. The maximum atomic E-state index is 11.8. The van der Waals surface area contributed by atoms with Crippen molar-refractivity contribution < 1.29 is 9.53 Å². The van der Waals surface area contributed by atoms with E-state index in [0.717, 1.165) is 28.3 Å². The molecule has 1 N–H and O–H groups in total. The molecule has 1 amide bonds. The lowest BCUT2D eigenvalue weighted by atomic mass is 10.1. The van der Waals surface area contributed by atoms with E-state index in [1.165, 1.54) is 0 Å². The van der Waals surface area contributed by atoms with E-state index < -0.39 is 0 Å². The summed E-state index contributed by atoms with van der Waals surface area (Å²) in [5, 5.41) is 7.73. The van der Waals surface area contributed by atoms with E-state index in [9.17, 15) is 4.79 Å². The van der Waals surface area contributed by atoms with E-state index in [-0.39, 0.29) is 12.6 Å². The number of ether oxygens (including phenoxy) is 1. The van der Waals surface area contributed by atoms with Crippen LogP contribution in [0.4, 0.5) is 0 Å². The van der Waals surface area contributed by atoms with Crippen LogP contribution < -0.4 is 10.1 Å². The van der Waals surface area contributed by atoms with Crippen molar-refractivity contribution in [3.63, 3.8) is 0 Å². The van der Waals surface area contributed by atoms with Gasteiger partial charge in [-0.3, -0.25) is 4.79 Å². The second-order valence-electron chi connectivity index (χ2n) is 5.14. The second-order valence-corrected chi connectivity index (χ2v) is 5.52. The number of aryl methyl sites for hydroxylation is 2. The Bertz CT molecular complexity index is 644. The molecule has 1 aromatic heterocycles. The van der Waals surface area contributed by atoms with Gasteiger partial charge in [0, 0.05) is 17.8 Å². The van der Waals surface area contributed by atoms with Crippen LogP contribution in [-0.4, -0.2) is 22.2 Å². The van der Waals surface area contributed by atoms with Crippen LogP contribution >= 0.6 is 11.6 Å². The van der Waals surface area contributed by atoms with E-state index >= 15 is 0 Å². The van der Waals surface area contributed by atoms with Gasteiger partial charge in [0.15, 0.2) is 6.73 Å². The molecule has 1 heterocycles. The highest BCUT2D eigenvalue weighted by Crippen LogP contribution is 2.25. The molecular formula is C16H20ClN3O2. The molecule has 6 heteroatoms. The highest BCUT2D eigenvalue weighted by molar-refractivity contribution is 6.32. The number of halogens is 1. The molecule has 0 fully saturated rings. The molecule has 0 saturated carbocycles. The molecule has 0 aliphatic carbocycles. The minimum atomic E-state index is -0.168. The summed E-state index contributed by atoms with van der Waals surface area (Å²) in [6.07, 6.45) is 2.61. The number of amides is 1. The Kier molecular flexibility index (Phi) is 5.44. The molecule has 0 aliphatic rings. The Labute approximate surface area is 135 Å². The number of nitrogens with zero attached hydrogens (tertiary/aromatic N) is 2. The summed E-state index contributed by atoms with van der Waals surface area (Å²) < 4.78 is 7.28. The molecule has 0 saturated heterocycles. The molecule has 0 unspecified atom stereocenters. The fourth-order valence-corrected chi connectivity index (χ4v) is 2.12. The van der Waals surface area contributed by atoms with Crippen LogP contribution in [0.1, 0.15) is 35.0 Å². The Morgan fingerprint density at radius 3 is 2.68 bits per heavy atom. The van der Waals surface area contributed by atoms with E-state index in [1.54, 1.807) is 16.9 Å². The molecule has 2 rings (SSSR count). The summed E-state index contributed by atoms with van der Waals surface area (Å²) in [7, 11) is 0. The Balaban J connectivity index is 1.98. The number of rotatable bonds is 6. The van der Waals surface area contributed by atoms with Crippen molar-refractivity contribution in [3.8, 4) is 5.75 Å². The topological polar surface area (TPSA) is 56.2 Å². The zero-order valence-corrected chi connectivity index (χ0v) is 13.8. The van der Waals surface area contributed by atoms with Gasteiger partial charge in [-0.15, -0.1) is 0 Å². The standard InChI is InChI=1S/C16H20ClN3O2/c1-4-6-18-16(21)14-5-7-20(19-14)10-22-13-8-11(2)15(17)12(3)9-13/h5,7-9H,4,6,10H2,1-3H3,(H,18,21). The van der Waals surface area contributed by atoms with Gasteiger partial charge in [-0.25, -0.2) is 4.68 Å². The van der Waals surface area contributed by atoms with Gasteiger partial charge in [0.2, 0.25) is 0 Å². The molecule has 1 aromatic carbocycles. The van der Waals surface area contributed by atoms with Crippen LogP contribution in [0.5, 0.6) is 5.75 Å². The summed E-state index contributed by atoms with van der Waals surface area (Å²) in [4.78, 5) is 11.8. The van der Waals surface area contributed by atoms with Crippen LogP contribution in [-0.2, 0) is 6.73 Å². The van der Waals surface area contributed by atoms with Crippen LogP contribution in [0.15, 0.2) is 24.4 Å². The van der Waals surface area contributed by atoms with E-state index in [2.05, 4.69) is 10.4 Å². The Hall–Kier alpha value is -2.01. The van der Waals surface area contributed by atoms with Crippen LogP contribution in [0.25, 0.3) is 0 Å². The lowest BCUT2D eigenvalue weighted by molar-refractivity contribution is 0.0946. The summed E-state index contributed by atoms with van der Waals surface area (Å²) in [6, 6.07) is 5.44. The van der Waals surface area contributed by atoms with Crippen LogP contribution in [0.3, 0.4) is 0 Å². The van der Waals surface area contributed by atoms with Crippen molar-refractivity contribution in [1.29, 1.82) is 0 Å². The zero-order chi connectivity index (χ0) is 16.1. The lowest BCUT2D eigenvalue weighted by Crippen LogP contribution is -2.24. The van der Waals surface area contributed by atoms with Gasteiger partial charge in [-0.2, -0.15) is 5.10 Å². The van der Waals surface area contributed by atoms with E-state index in [4.69, 9.17) is 16.3 Å². The maximum absolute atomic E-state index is 11.8. The third-order valence-corrected chi connectivity index (χ3v) is 3.78. The monoisotopic (exact) mass is 321 g/mol. The van der Waals surface area contributed by atoms with Crippen LogP contribution in [0.2, 0.25) is 5.02 Å². The van der Waals surface area contributed by atoms with Crippen LogP contribution in [0, 0.1) is 13.8 Å². The summed E-state index contributed by atoms with van der Waals surface area (Å²) >= 11 is 6.13. The van der Waals surface area contributed by atoms with Crippen molar-refractivity contribution in [2.75, 3.05) is 6.54 Å². The average Bonchev–Trinajstić information content (AvgIpc) is 2.97. The van der Waals surface area contributed by atoms with Gasteiger partial charge in [0.05, 0.1) is 0 Å². The highest BCUT2D eigenvalue weighted by atomic mass is 35.5. The number of aromatic nitrogens is 2. The Morgan fingerprint density at radius 2 is 2.05 bits per heavy atom. The number of carbonyl (C=O) groups is 1.